The van der Waals surface area contributed by atoms with Crippen molar-refractivity contribution in [1.29, 1.82) is 0 Å². The minimum atomic E-state index is -0.0475. The highest BCUT2D eigenvalue weighted by Crippen LogP contribution is 2.34. The highest BCUT2D eigenvalue weighted by atomic mass is 79.9. The first-order valence-corrected chi connectivity index (χ1v) is 6.74. The molecule has 0 aliphatic carbocycles. The van der Waals surface area contributed by atoms with Gasteiger partial charge >= 0.3 is 0 Å². The van der Waals surface area contributed by atoms with Gasteiger partial charge in [-0.25, -0.2) is 0 Å². The lowest BCUT2D eigenvalue weighted by Gasteiger charge is -2.12. The van der Waals surface area contributed by atoms with Gasteiger partial charge in [-0.15, -0.1) is 0 Å². The number of nitrogens with two attached hydrogens (primary N) is 1. The van der Waals surface area contributed by atoms with Gasteiger partial charge in [-0.05, 0) is 41.9 Å². The number of carbonyl (C=O) groups excluding carboxylic acids is 1. The Hall–Kier alpha value is -0.940. The summed E-state index contributed by atoms with van der Waals surface area (Å²) in [5, 5.41) is 3.32. The molecule has 0 unspecified atom stereocenters. The molecule has 0 saturated carbocycles. The van der Waals surface area contributed by atoms with Crippen LogP contribution in [0.4, 0.5) is 5.69 Å². The number of benzene rings is 1. The van der Waals surface area contributed by atoms with Crippen LogP contribution in [0.2, 0.25) is 5.02 Å². The summed E-state index contributed by atoms with van der Waals surface area (Å²) >= 11 is 9.15. The normalized spacial score (nSPS) is 10.5. The summed E-state index contributed by atoms with van der Waals surface area (Å²) in [4.78, 5) is 11.4. The maximum Gasteiger partial charge on any atom is 0.223 e. The molecule has 3 N–H and O–H groups in total. The molecule has 0 saturated heterocycles. The van der Waals surface area contributed by atoms with E-state index in [-0.39, 0.29) is 25.0 Å². The Morgan fingerprint density at radius 3 is 2.78 bits per heavy atom. The van der Waals surface area contributed by atoms with Crippen LogP contribution in [-0.2, 0) is 4.79 Å². The minimum absolute atomic E-state index is 0.0475. The zero-order valence-corrected chi connectivity index (χ0v) is 12.6. The Morgan fingerprint density at radius 2 is 2.22 bits per heavy atom. The molecule has 0 aliphatic rings. The SMILES string of the molecule is CC(C)NC(=O)CCOc1c(N)cc(Cl)cc1Br. The van der Waals surface area contributed by atoms with Gasteiger partial charge in [-0.3, -0.25) is 4.79 Å². The van der Waals surface area contributed by atoms with Crippen LogP contribution in [0.15, 0.2) is 16.6 Å². The molecule has 0 bridgehead atoms. The second-order valence-electron chi connectivity index (χ2n) is 4.13. The Morgan fingerprint density at radius 1 is 1.56 bits per heavy atom. The van der Waals surface area contributed by atoms with E-state index in [9.17, 15) is 4.79 Å². The zero-order valence-electron chi connectivity index (χ0n) is 10.3. The van der Waals surface area contributed by atoms with Crippen molar-refractivity contribution in [2.45, 2.75) is 26.3 Å². The van der Waals surface area contributed by atoms with Gasteiger partial charge < -0.3 is 15.8 Å². The highest BCUT2D eigenvalue weighted by Gasteiger charge is 2.09. The summed E-state index contributed by atoms with van der Waals surface area (Å²) in [6.45, 7) is 4.09. The molecule has 1 amide bonds. The molecule has 0 fully saturated rings. The number of rotatable bonds is 5. The molecule has 0 atom stereocenters. The third-order valence-corrected chi connectivity index (χ3v) is 2.87. The Balaban J connectivity index is 2.52. The van der Waals surface area contributed by atoms with Crippen LogP contribution in [-0.4, -0.2) is 18.6 Å². The van der Waals surface area contributed by atoms with E-state index < -0.39 is 0 Å². The largest absolute Gasteiger partial charge is 0.490 e. The van der Waals surface area contributed by atoms with Crippen LogP contribution in [0.1, 0.15) is 20.3 Å². The molecular formula is C12H16BrClN2O2. The van der Waals surface area contributed by atoms with E-state index >= 15 is 0 Å². The molecule has 1 aromatic rings. The Kier molecular flexibility index (Phi) is 5.75. The second kappa shape index (κ2) is 6.85. The number of ether oxygens (including phenoxy) is 1. The first-order valence-electron chi connectivity index (χ1n) is 5.57. The standard InChI is InChI=1S/C12H16BrClN2O2/c1-7(2)16-11(17)3-4-18-12-9(13)5-8(14)6-10(12)15/h5-7H,3-4,15H2,1-2H3,(H,16,17). The van der Waals surface area contributed by atoms with Crippen molar-refractivity contribution in [2.75, 3.05) is 12.3 Å². The predicted octanol–water partition coefficient (Wildman–Crippen LogP) is 2.98. The van der Waals surface area contributed by atoms with Gasteiger partial charge in [-0.2, -0.15) is 0 Å². The van der Waals surface area contributed by atoms with E-state index in [2.05, 4.69) is 21.2 Å². The van der Waals surface area contributed by atoms with Gasteiger partial charge in [0.15, 0.2) is 5.75 Å². The number of amides is 1. The van der Waals surface area contributed by atoms with Crippen molar-refractivity contribution in [3.63, 3.8) is 0 Å². The van der Waals surface area contributed by atoms with Gasteiger partial charge in [0.25, 0.3) is 0 Å². The van der Waals surface area contributed by atoms with E-state index in [0.29, 0.717) is 20.9 Å². The molecule has 0 aromatic heterocycles. The van der Waals surface area contributed by atoms with E-state index in [1.165, 1.54) is 0 Å². The van der Waals surface area contributed by atoms with Gasteiger partial charge in [0.1, 0.15) is 0 Å². The van der Waals surface area contributed by atoms with E-state index in [1.54, 1.807) is 12.1 Å². The molecular weight excluding hydrogens is 320 g/mol. The molecule has 0 radical (unpaired) electrons. The lowest BCUT2D eigenvalue weighted by Crippen LogP contribution is -2.31. The lowest BCUT2D eigenvalue weighted by atomic mass is 10.3. The average Bonchev–Trinajstić information content (AvgIpc) is 2.20. The summed E-state index contributed by atoms with van der Waals surface area (Å²) in [6, 6.07) is 3.43. The topological polar surface area (TPSA) is 64.3 Å². The zero-order chi connectivity index (χ0) is 13.7. The quantitative estimate of drug-likeness (QED) is 0.813. The lowest BCUT2D eigenvalue weighted by molar-refractivity contribution is -0.122. The van der Waals surface area contributed by atoms with E-state index in [0.717, 1.165) is 0 Å². The van der Waals surface area contributed by atoms with Crippen molar-refractivity contribution in [3.8, 4) is 5.75 Å². The summed E-state index contributed by atoms with van der Waals surface area (Å²) in [5.74, 6) is 0.463. The average molecular weight is 336 g/mol. The molecule has 0 aliphatic heterocycles. The van der Waals surface area contributed by atoms with Crippen molar-refractivity contribution in [3.05, 3.63) is 21.6 Å². The maximum absolute atomic E-state index is 11.4. The third kappa shape index (κ3) is 4.74. The van der Waals surface area contributed by atoms with Gasteiger partial charge in [0, 0.05) is 11.1 Å². The summed E-state index contributed by atoms with van der Waals surface area (Å²) in [5.41, 5.74) is 6.22. The molecule has 18 heavy (non-hydrogen) atoms. The van der Waals surface area contributed by atoms with Gasteiger partial charge in [0.05, 0.1) is 23.2 Å². The molecule has 0 heterocycles. The summed E-state index contributed by atoms with van der Waals surface area (Å²) in [6.07, 6.45) is 0.284. The Labute approximate surface area is 120 Å². The van der Waals surface area contributed by atoms with Crippen molar-refractivity contribution in [2.24, 2.45) is 0 Å². The minimum Gasteiger partial charge on any atom is -0.490 e. The summed E-state index contributed by atoms with van der Waals surface area (Å²) < 4.78 is 6.16. The fourth-order valence-corrected chi connectivity index (χ4v) is 2.32. The van der Waals surface area contributed by atoms with Crippen LogP contribution < -0.4 is 15.8 Å². The molecule has 1 aromatic carbocycles. The number of hydrogen-bond acceptors (Lipinski definition) is 3. The molecule has 4 nitrogen and oxygen atoms in total. The van der Waals surface area contributed by atoms with E-state index in [4.69, 9.17) is 22.1 Å². The number of nitrogens with one attached hydrogen (secondary N) is 1. The highest BCUT2D eigenvalue weighted by molar-refractivity contribution is 9.10. The molecule has 1 rings (SSSR count). The molecule has 6 heteroatoms. The van der Waals surface area contributed by atoms with Crippen molar-refractivity contribution < 1.29 is 9.53 Å². The van der Waals surface area contributed by atoms with Crippen LogP contribution >= 0.6 is 27.5 Å². The first-order chi connectivity index (χ1) is 8.40. The van der Waals surface area contributed by atoms with Crippen LogP contribution in [0, 0.1) is 0 Å². The number of nitrogen functional groups attached to an aromatic ring is 1. The van der Waals surface area contributed by atoms with Crippen molar-refractivity contribution in [1.82, 2.24) is 5.32 Å². The molecule has 0 spiro atoms. The number of hydrogen-bond donors (Lipinski definition) is 2. The van der Waals surface area contributed by atoms with Crippen LogP contribution in [0.25, 0.3) is 0 Å². The number of halogens is 2. The van der Waals surface area contributed by atoms with Crippen LogP contribution in [0.5, 0.6) is 5.75 Å². The van der Waals surface area contributed by atoms with Crippen molar-refractivity contribution >= 4 is 39.1 Å². The van der Waals surface area contributed by atoms with Crippen LogP contribution in [0.3, 0.4) is 0 Å². The Bertz CT molecular complexity index is 415. The number of carbonyl (C=O) groups is 1. The van der Waals surface area contributed by atoms with E-state index in [1.807, 2.05) is 13.8 Å². The fourth-order valence-electron chi connectivity index (χ4n) is 1.37. The maximum atomic E-state index is 11.4. The second-order valence-corrected chi connectivity index (χ2v) is 5.42. The fraction of sp³-hybridized carbons (Fsp3) is 0.417. The monoisotopic (exact) mass is 334 g/mol. The third-order valence-electron chi connectivity index (χ3n) is 2.06. The molecule has 100 valence electrons. The first kappa shape index (κ1) is 15.1. The van der Waals surface area contributed by atoms with Gasteiger partial charge in [-0.1, -0.05) is 11.6 Å². The summed E-state index contributed by atoms with van der Waals surface area (Å²) in [7, 11) is 0. The predicted molar refractivity (Wildman–Crippen MR) is 77.0 cm³/mol. The number of anilines is 1. The smallest absolute Gasteiger partial charge is 0.223 e. The van der Waals surface area contributed by atoms with Gasteiger partial charge in [0.2, 0.25) is 5.91 Å².